The lowest BCUT2D eigenvalue weighted by molar-refractivity contribution is 0.310. The van der Waals surface area contributed by atoms with Crippen molar-refractivity contribution in [3.63, 3.8) is 0 Å². The highest BCUT2D eigenvalue weighted by atomic mass is 32.2. The number of thiophene rings is 2. The molecule has 3 N–H and O–H groups in total. The standard InChI is InChI=1S/C18H25N5O4S3/c1-5-12(14-9-8-11(4)29-14)19-16-17(22-27-21-16)20-13-10-28-18(15(13)24)30(25,26)23(6-2)7-3/h8-10,12,24H,5-7H2,1-4H3,(H,19,21)(H,20,22)/t12-/m1/s1. The molecule has 0 aromatic carbocycles. The first-order valence-electron chi connectivity index (χ1n) is 9.54. The van der Waals surface area contributed by atoms with Crippen molar-refractivity contribution >= 4 is 50.0 Å². The molecule has 0 saturated carbocycles. The molecule has 1 atom stereocenters. The maximum atomic E-state index is 12.7. The number of nitrogens with one attached hydrogen (secondary N) is 2. The highest BCUT2D eigenvalue weighted by Gasteiger charge is 2.29. The Bertz CT molecular complexity index is 1090. The fraction of sp³-hybridized carbons (Fsp3) is 0.444. The summed E-state index contributed by atoms with van der Waals surface area (Å²) in [7, 11) is -3.77. The van der Waals surface area contributed by atoms with E-state index in [1.54, 1.807) is 25.2 Å². The van der Waals surface area contributed by atoms with Crippen LogP contribution in [0.2, 0.25) is 0 Å². The van der Waals surface area contributed by atoms with Gasteiger partial charge < -0.3 is 15.7 Å². The number of nitrogens with zero attached hydrogens (tertiary/aromatic N) is 3. The van der Waals surface area contributed by atoms with Gasteiger partial charge in [0.15, 0.2) is 9.96 Å². The van der Waals surface area contributed by atoms with E-state index in [1.807, 2.05) is 0 Å². The maximum Gasteiger partial charge on any atom is 0.256 e. The summed E-state index contributed by atoms with van der Waals surface area (Å²) in [5, 5.41) is 26.1. The Morgan fingerprint density at radius 1 is 1.20 bits per heavy atom. The first-order valence-corrected chi connectivity index (χ1v) is 12.7. The van der Waals surface area contributed by atoms with Crippen LogP contribution in [0.25, 0.3) is 0 Å². The zero-order valence-electron chi connectivity index (χ0n) is 17.2. The van der Waals surface area contributed by atoms with Crippen molar-refractivity contribution in [2.75, 3.05) is 23.7 Å². The molecule has 3 aromatic rings. The van der Waals surface area contributed by atoms with Crippen LogP contribution in [0, 0.1) is 6.92 Å². The van der Waals surface area contributed by atoms with Crippen LogP contribution >= 0.6 is 22.7 Å². The molecule has 0 aliphatic carbocycles. The van der Waals surface area contributed by atoms with Crippen LogP contribution in [-0.4, -0.2) is 41.2 Å². The predicted molar refractivity (Wildman–Crippen MR) is 119 cm³/mol. The molecule has 3 aromatic heterocycles. The number of sulfonamides is 1. The smallest absolute Gasteiger partial charge is 0.256 e. The molecule has 164 valence electrons. The van der Waals surface area contributed by atoms with Crippen molar-refractivity contribution in [1.82, 2.24) is 14.6 Å². The summed E-state index contributed by atoms with van der Waals surface area (Å²) in [4.78, 5) is 2.38. The van der Waals surface area contributed by atoms with Gasteiger partial charge in [0.2, 0.25) is 11.6 Å². The average molecular weight is 472 g/mol. The molecule has 0 unspecified atom stereocenters. The van der Waals surface area contributed by atoms with Crippen molar-refractivity contribution in [1.29, 1.82) is 0 Å². The number of anilines is 3. The number of hydrogen-bond acceptors (Lipinski definition) is 10. The highest BCUT2D eigenvalue weighted by Crippen LogP contribution is 2.41. The lowest BCUT2D eigenvalue weighted by atomic mass is 10.2. The summed E-state index contributed by atoms with van der Waals surface area (Å²) >= 11 is 2.64. The van der Waals surface area contributed by atoms with Crippen LogP contribution in [0.3, 0.4) is 0 Å². The largest absolute Gasteiger partial charge is 0.504 e. The Kier molecular flexibility index (Phi) is 7.01. The highest BCUT2D eigenvalue weighted by molar-refractivity contribution is 7.91. The van der Waals surface area contributed by atoms with E-state index in [1.165, 1.54) is 14.6 Å². The van der Waals surface area contributed by atoms with Crippen LogP contribution in [0.4, 0.5) is 17.3 Å². The van der Waals surface area contributed by atoms with Gasteiger partial charge in [-0.2, -0.15) is 4.31 Å². The fourth-order valence-electron chi connectivity index (χ4n) is 2.96. The van der Waals surface area contributed by atoms with Gasteiger partial charge in [-0.05, 0) is 35.8 Å². The lowest BCUT2D eigenvalue weighted by Gasteiger charge is -2.17. The number of hydrogen-bond donors (Lipinski definition) is 3. The molecule has 12 heteroatoms. The normalized spacial score (nSPS) is 13.0. The molecule has 9 nitrogen and oxygen atoms in total. The zero-order chi connectivity index (χ0) is 21.9. The Morgan fingerprint density at radius 2 is 1.90 bits per heavy atom. The molecule has 0 spiro atoms. The van der Waals surface area contributed by atoms with Gasteiger partial charge in [0.05, 0.1) is 11.7 Å². The summed E-state index contributed by atoms with van der Waals surface area (Å²) in [5.41, 5.74) is 0.226. The van der Waals surface area contributed by atoms with Gasteiger partial charge in [-0.25, -0.2) is 13.0 Å². The molecule has 0 fully saturated rings. The Hall–Kier alpha value is -2.15. The van der Waals surface area contributed by atoms with Crippen molar-refractivity contribution in [3.05, 3.63) is 27.3 Å². The van der Waals surface area contributed by atoms with Crippen LogP contribution in [-0.2, 0) is 10.0 Å². The SMILES string of the molecule is CC[C@@H](Nc1nonc1Nc1csc(S(=O)(=O)N(CC)CC)c1O)c1ccc(C)s1. The third-order valence-corrected chi connectivity index (χ3v) is 9.23. The van der Waals surface area contributed by atoms with Crippen molar-refractivity contribution in [2.24, 2.45) is 0 Å². The summed E-state index contributed by atoms with van der Waals surface area (Å²) in [6.45, 7) is 8.25. The summed E-state index contributed by atoms with van der Waals surface area (Å²) < 4.78 is 31.5. The van der Waals surface area contributed by atoms with Gasteiger partial charge in [-0.1, -0.05) is 20.8 Å². The molecule has 3 rings (SSSR count). The molecule has 0 amide bonds. The third kappa shape index (κ3) is 4.46. The van der Waals surface area contributed by atoms with E-state index in [9.17, 15) is 13.5 Å². The zero-order valence-corrected chi connectivity index (χ0v) is 19.6. The minimum atomic E-state index is -3.77. The fourth-order valence-corrected chi connectivity index (χ4v) is 6.80. The summed E-state index contributed by atoms with van der Waals surface area (Å²) in [6.07, 6.45) is 0.822. The van der Waals surface area contributed by atoms with Gasteiger partial charge in [0.25, 0.3) is 10.0 Å². The lowest BCUT2D eigenvalue weighted by Crippen LogP contribution is -2.30. The minimum absolute atomic E-state index is 0.0193. The van der Waals surface area contributed by atoms with Gasteiger partial charge >= 0.3 is 0 Å². The van der Waals surface area contributed by atoms with Crippen LogP contribution < -0.4 is 10.6 Å². The monoisotopic (exact) mass is 471 g/mol. The minimum Gasteiger partial charge on any atom is -0.504 e. The van der Waals surface area contributed by atoms with Crippen LogP contribution in [0.15, 0.2) is 26.4 Å². The summed E-state index contributed by atoms with van der Waals surface area (Å²) in [5.74, 6) is 0.301. The van der Waals surface area contributed by atoms with Crippen molar-refractivity contribution in [3.8, 4) is 5.75 Å². The molecule has 0 bridgehead atoms. The summed E-state index contributed by atoms with van der Waals surface area (Å²) in [6, 6.07) is 4.15. The molecule has 0 aliphatic heterocycles. The topological polar surface area (TPSA) is 121 Å². The van der Waals surface area contributed by atoms with Gasteiger partial charge in [0, 0.05) is 28.2 Å². The predicted octanol–water partition coefficient (Wildman–Crippen LogP) is 4.54. The quantitative estimate of drug-likeness (QED) is 0.394. The Balaban J connectivity index is 1.82. The number of aryl methyl sites for hydroxylation is 1. The maximum absolute atomic E-state index is 12.7. The molecule has 0 aliphatic rings. The molecular weight excluding hydrogens is 446 g/mol. The van der Waals surface area contributed by atoms with Crippen molar-refractivity contribution in [2.45, 2.75) is 44.4 Å². The molecule has 3 heterocycles. The molecular formula is C18H25N5O4S3. The van der Waals surface area contributed by atoms with Gasteiger partial charge in [0.1, 0.15) is 0 Å². The molecule has 30 heavy (non-hydrogen) atoms. The second-order valence-corrected chi connectivity index (χ2v) is 10.8. The van der Waals surface area contributed by atoms with Gasteiger partial charge in [-0.15, -0.1) is 22.7 Å². The number of aromatic nitrogens is 2. The number of rotatable bonds is 10. The Labute approximate surface area is 183 Å². The molecule has 0 radical (unpaired) electrons. The Morgan fingerprint density at radius 3 is 2.50 bits per heavy atom. The van der Waals surface area contributed by atoms with E-state index in [0.717, 1.165) is 22.6 Å². The second kappa shape index (κ2) is 9.33. The van der Waals surface area contributed by atoms with Crippen LogP contribution in [0.5, 0.6) is 5.75 Å². The number of aromatic hydroxyl groups is 1. The van der Waals surface area contributed by atoms with E-state index < -0.39 is 10.0 Å². The molecule has 0 saturated heterocycles. The van der Waals surface area contributed by atoms with E-state index >= 15 is 0 Å². The van der Waals surface area contributed by atoms with E-state index in [4.69, 9.17) is 4.63 Å². The third-order valence-electron chi connectivity index (χ3n) is 4.58. The average Bonchev–Trinajstić information content (AvgIpc) is 3.42. The van der Waals surface area contributed by atoms with E-state index in [0.29, 0.717) is 18.9 Å². The first-order chi connectivity index (χ1) is 14.3. The van der Waals surface area contributed by atoms with E-state index in [2.05, 4.69) is 46.9 Å². The first kappa shape index (κ1) is 22.5. The van der Waals surface area contributed by atoms with Crippen LogP contribution in [0.1, 0.15) is 43.0 Å². The van der Waals surface area contributed by atoms with E-state index in [-0.39, 0.29) is 27.5 Å². The van der Waals surface area contributed by atoms with Gasteiger partial charge in [-0.3, -0.25) is 0 Å². The van der Waals surface area contributed by atoms with Crippen molar-refractivity contribution < 1.29 is 18.2 Å². The second-order valence-electron chi connectivity index (χ2n) is 6.51.